The molecule has 0 bridgehead atoms. The van der Waals surface area contributed by atoms with Gasteiger partial charge in [0.05, 0.1) is 11.3 Å². The number of rotatable bonds is 4. The lowest BCUT2D eigenvalue weighted by molar-refractivity contribution is -0.153. The highest BCUT2D eigenvalue weighted by Gasteiger charge is 2.72. The minimum atomic E-state index is -4.22. The quantitative estimate of drug-likeness (QED) is 0.515. The molecule has 0 aliphatic carbocycles. The molecule has 0 radical (unpaired) electrons. The Bertz CT molecular complexity index is 928. The Morgan fingerprint density at radius 3 is 2.69 bits per heavy atom. The molecule has 2 saturated heterocycles. The third-order valence-electron chi connectivity index (χ3n) is 4.53. The molecule has 2 amide bonds. The Morgan fingerprint density at radius 2 is 2.15 bits per heavy atom. The summed E-state index contributed by atoms with van der Waals surface area (Å²) in [6.45, 7) is 0.340. The normalized spacial score (nSPS) is 30.6. The van der Waals surface area contributed by atoms with Crippen LogP contribution in [0.5, 0.6) is 0 Å². The predicted molar refractivity (Wildman–Crippen MR) is 87.1 cm³/mol. The minimum absolute atomic E-state index is 0.0854. The maximum Gasteiger partial charge on any atom is 0.404 e. The zero-order valence-electron chi connectivity index (χ0n) is 13.5. The number of hydrogen-bond donors (Lipinski definition) is 2. The number of aliphatic carboxylic acids is 1. The molecule has 138 valence electrons. The van der Waals surface area contributed by atoms with E-state index in [2.05, 4.69) is 9.72 Å². The first-order valence-corrected chi connectivity index (χ1v) is 8.99. The summed E-state index contributed by atoms with van der Waals surface area (Å²) in [6, 6.07) is 3.19. The highest BCUT2D eigenvalue weighted by Crippen LogP contribution is 2.49. The summed E-state index contributed by atoms with van der Waals surface area (Å²) in [5.41, 5.74) is 5.15. The maximum atomic E-state index is 13.0. The molecule has 0 saturated carbocycles. The molecule has 2 fully saturated rings. The number of carbonyl (C=O) groups is 3. The topological polar surface area (TPSA) is 157 Å². The number of β-lactam (4-membered cyclic amide) rings is 1. The first-order valence-electron chi connectivity index (χ1n) is 7.45. The Hall–Kier alpha value is -2.95. The Kier molecular flexibility index (Phi) is 3.98. The van der Waals surface area contributed by atoms with Crippen LogP contribution in [0.15, 0.2) is 30.0 Å². The monoisotopic (exact) mass is 381 g/mol. The van der Waals surface area contributed by atoms with Crippen molar-refractivity contribution in [1.82, 2.24) is 9.88 Å². The number of nitrogens with zero attached hydrogens (tertiary/aromatic N) is 2. The fourth-order valence-corrected chi connectivity index (χ4v) is 5.51. The molecule has 0 unspecified atom stereocenters. The van der Waals surface area contributed by atoms with Crippen molar-refractivity contribution in [2.45, 2.75) is 23.1 Å². The van der Waals surface area contributed by atoms with Gasteiger partial charge in [-0.15, -0.1) is 0 Å². The third kappa shape index (κ3) is 2.35. The van der Waals surface area contributed by atoms with Gasteiger partial charge in [-0.05, 0) is 25.1 Å². The van der Waals surface area contributed by atoms with Crippen LogP contribution in [-0.2, 0) is 24.2 Å². The van der Waals surface area contributed by atoms with Gasteiger partial charge in [0.25, 0.3) is 5.91 Å². The van der Waals surface area contributed by atoms with Crippen LogP contribution in [0.2, 0.25) is 0 Å². The Balaban J connectivity index is 2.07. The van der Waals surface area contributed by atoms with Crippen molar-refractivity contribution in [2.24, 2.45) is 5.73 Å². The van der Waals surface area contributed by atoms with Crippen molar-refractivity contribution in [3.8, 4) is 0 Å². The van der Waals surface area contributed by atoms with E-state index in [0.717, 1.165) is 11.8 Å². The number of fused-ring (bicyclic) bond motifs is 1. The number of carboxylic acid groups (broad SMARTS) is 1. The first-order chi connectivity index (χ1) is 12.1. The van der Waals surface area contributed by atoms with Crippen LogP contribution >= 0.6 is 0 Å². The maximum absolute atomic E-state index is 13.0. The number of primary amides is 1. The van der Waals surface area contributed by atoms with Crippen LogP contribution in [0.1, 0.15) is 12.6 Å². The number of nitrogens with two attached hydrogens (primary N) is 1. The van der Waals surface area contributed by atoms with Crippen molar-refractivity contribution in [3.63, 3.8) is 0 Å². The van der Waals surface area contributed by atoms with Gasteiger partial charge in [0.2, 0.25) is 0 Å². The summed E-state index contributed by atoms with van der Waals surface area (Å²) in [6.07, 6.45) is 1.54. The molecule has 1 aromatic heterocycles. The van der Waals surface area contributed by atoms with Crippen molar-refractivity contribution in [1.29, 1.82) is 0 Å². The molecule has 2 aliphatic rings. The molecule has 0 spiro atoms. The fourth-order valence-electron chi connectivity index (χ4n) is 3.23. The van der Waals surface area contributed by atoms with E-state index >= 15 is 0 Å². The minimum Gasteiger partial charge on any atom is -0.480 e. The Labute approximate surface area is 148 Å². The van der Waals surface area contributed by atoms with E-state index in [0.29, 0.717) is 5.69 Å². The molecule has 1 aromatic rings. The summed E-state index contributed by atoms with van der Waals surface area (Å²) in [4.78, 5) is 39.8. The van der Waals surface area contributed by atoms with E-state index in [1.807, 2.05) is 0 Å². The van der Waals surface area contributed by atoms with Crippen LogP contribution in [0.25, 0.3) is 6.08 Å². The second-order valence-electron chi connectivity index (χ2n) is 6.13. The third-order valence-corrected chi connectivity index (χ3v) is 7.24. The number of ether oxygens (including phenoxy) is 1. The smallest absolute Gasteiger partial charge is 0.404 e. The molecule has 3 atom stereocenters. The number of aromatic nitrogens is 1. The highest BCUT2D eigenvalue weighted by molar-refractivity contribution is 7.94. The van der Waals surface area contributed by atoms with Crippen molar-refractivity contribution < 1.29 is 32.6 Å². The lowest BCUT2D eigenvalue weighted by Crippen LogP contribution is -2.59. The van der Waals surface area contributed by atoms with Gasteiger partial charge in [-0.3, -0.25) is 9.78 Å². The van der Waals surface area contributed by atoms with Crippen LogP contribution in [-0.4, -0.2) is 64.1 Å². The second kappa shape index (κ2) is 5.80. The summed E-state index contributed by atoms with van der Waals surface area (Å²) >= 11 is 0. The molecule has 10 nitrogen and oxygen atoms in total. The molecule has 26 heavy (non-hydrogen) atoms. The number of amides is 2. The van der Waals surface area contributed by atoms with Crippen LogP contribution in [0, 0.1) is 0 Å². The van der Waals surface area contributed by atoms with Gasteiger partial charge in [-0.1, -0.05) is 6.07 Å². The summed E-state index contributed by atoms with van der Waals surface area (Å²) in [7, 11) is -4.22. The van der Waals surface area contributed by atoms with Crippen LogP contribution < -0.4 is 5.73 Å². The zero-order valence-corrected chi connectivity index (χ0v) is 14.3. The lowest BCUT2D eigenvalue weighted by atomic mass is 9.94. The summed E-state index contributed by atoms with van der Waals surface area (Å²) in [5, 5.41) is 8.06. The summed E-state index contributed by atoms with van der Waals surface area (Å²) < 4.78 is 28.5. The van der Waals surface area contributed by atoms with E-state index in [1.165, 1.54) is 12.3 Å². The van der Waals surface area contributed by atoms with E-state index in [4.69, 9.17) is 5.73 Å². The zero-order chi connectivity index (χ0) is 19.3. The number of hydrogen-bond acceptors (Lipinski definition) is 7. The number of carboxylic acids is 1. The van der Waals surface area contributed by atoms with E-state index in [1.54, 1.807) is 18.2 Å². The van der Waals surface area contributed by atoms with E-state index in [-0.39, 0.29) is 5.57 Å². The van der Waals surface area contributed by atoms with Crippen LogP contribution in [0.3, 0.4) is 0 Å². The molecule has 0 aromatic carbocycles. The van der Waals surface area contributed by atoms with Gasteiger partial charge in [0.15, 0.2) is 21.3 Å². The van der Waals surface area contributed by atoms with Gasteiger partial charge >= 0.3 is 12.1 Å². The summed E-state index contributed by atoms with van der Waals surface area (Å²) in [5.74, 6) is -2.24. The largest absolute Gasteiger partial charge is 0.480 e. The lowest BCUT2D eigenvalue weighted by Gasteiger charge is -2.37. The van der Waals surface area contributed by atoms with Gasteiger partial charge in [-0.25, -0.2) is 18.0 Å². The molecular formula is C15H15N3O7S. The van der Waals surface area contributed by atoms with Crippen LogP contribution in [0.4, 0.5) is 4.79 Å². The van der Waals surface area contributed by atoms with Crippen molar-refractivity contribution in [2.75, 3.05) is 6.61 Å². The molecule has 3 N–H and O–H groups in total. The van der Waals surface area contributed by atoms with Crippen molar-refractivity contribution >= 4 is 33.9 Å². The predicted octanol–water partition coefficient (Wildman–Crippen LogP) is -0.631. The fraction of sp³-hybridized carbons (Fsp3) is 0.333. The Morgan fingerprint density at radius 1 is 1.46 bits per heavy atom. The molecule has 3 rings (SSSR count). The van der Waals surface area contributed by atoms with Gasteiger partial charge in [-0.2, -0.15) is 0 Å². The molecular weight excluding hydrogens is 366 g/mol. The molecule has 2 aliphatic heterocycles. The highest BCUT2D eigenvalue weighted by atomic mass is 32.2. The number of pyridine rings is 1. The number of carbonyl (C=O) groups excluding carboxylic acids is 2. The standard InChI is InChI=1S/C15H15N3O7S/c1-15(7-25-14(16)22)10(13(20)21)18-11(19)9(12(18)26(15,23)24)6-8-4-2-3-5-17-8/h2-6,10,12H,7H2,1H3,(H2,16,22)(H,20,21)/b9-6-/t10-,12+,15-/m0/s1. The van der Waals surface area contributed by atoms with E-state index < -0.39 is 50.6 Å². The number of sulfone groups is 1. The van der Waals surface area contributed by atoms with Gasteiger partial charge < -0.3 is 20.5 Å². The molecule has 3 heterocycles. The SMILES string of the molecule is C[C@]1(COC(N)=O)[C@H](C(=O)O)N2C(=O)/C(=C/c3ccccn3)[C@H]2S1(=O)=O. The second-order valence-corrected chi connectivity index (χ2v) is 8.59. The van der Waals surface area contributed by atoms with E-state index in [9.17, 15) is 27.9 Å². The van der Waals surface area contributed by atoms with Crippen molar-refractivity contribution in [3.05, 3.63) is 35.7 Å². The first kappa shape index (κ1) is 17.9. The van der Waals surface area contributed by atoms with Gasteiger partial charge in [0.1, 0.15) is 11.4 Å². The average molecular weight is 381 g/mol. The average Bonchev–Trinajstić information content (AvgIpc) is 2.74. The molecule has 11 heteroatoms. The van der Waals surface area contributed by atoms with Gasteiger partial charge in [0, 0.05) is 6.20 Å².